The Kier molecular flexibility index (Phi) is 5.79. The molecule has 0 unspecified atom stereocenters. The molecule has 4 aromatic rings. The summed E-state index contributed by atoms with van der Waals surface area (Å²) >= 11 is 0. The van der Waals surface area contributed by atoms with Crippen LogP contribution in [0.2, 0.25) is 0 Å². The van der Waals surface area contributed by atoms with E-state index in [1.807, 2.05) is 23.9 Å². The molecule has 3 N–H and O–H groups in total. The van der Waals surface area contributed by atoms with Gasteiger partial charge in [-0.25, -0.2) is 24.3 Å². The molecule has 3 aromatic heterocycles. The van der Waals surface area contributed by atoms with Gasteiger partial charge in [-0.3, -0.25) is 4.79 Å². The third-order valence-corrected chi connectivity index (χ3v) is 6.07. The number of hydrogen-bond acceptors (Lipinski definition) is 7. The molecule has 5 rings (SSSR count). The maximum absolute atomic E-state index is 14.9. The van der Waals surface area contributed by atoms with Crippen LogP contribution in [-0.2, 0) is 13.1 Å². The maximum Gasteiger partial charge on any atom is 0.271 e. The van der Waals surface area contributed by atoms with Crippen molar-refractivity contribution in [1.82, 2.24) is 29.8 Å². The maximum atomic E-state index is 14.9. The molecule has 1 aliphatic rings. The van der Waals surface area contributed by atoms with E-state index in [4.69, 9.17) is 5.73 Å². The SMILES string of the molecule is Cc1nc(C(=O)NCc2ccc3c(N)nccc3c2F)cn1Cc1cnc(N2CCCC2)nc1. The summed E-state index contributed by atoms with van der Waals surface area (Å²) in [5.41, 5.74) is 7.36. The minimum Gasteiger partial charge on any atom is -0.383 e. The van der Waals surface area contributed by atoms with Gasteiger partial charge >= 0.3 is 0 Å². The Morgan fingerprint density at radius 3 is 2.65 bits per heavy atom. The number of carbonyl (C=O) groups excluding carboxylic acids is 1. The van der Waals surface area contributed by atoms with Gasteiger partial charge < -0.3 is 20.5 Å². The fourth-order valence-corrected chi connectivity index (χ4v) is 4.17. The van der Waals surface area contributed by atoms with Crippen LogP contribution in [0.3, 0.4) is 0 Å². The Balaban J connectivity index is 1.25. The molecule has 10 heteroatoms. The highest BCUT2D eigenvalue weighted by Crippen LogP contribution is 2.24. The summed E-state index contributed by atoms with van der Waals surface area (Å²) in [7, 11) is 0. The van der Waals surface area contributed by atoms with Crippen LogP contribution >= 0.6 is 0 Å². The zero-order valence-electron chi connectivity index (χ0n) is 18.8. The number of benzene rings is 1. The molecule has 34 heavy (non-hydrogen) atoms. The highest BCUT2D eigenvalue weighted by molar-refractivity contribution is 5.93. The number of hydrogen-bond donors (Lipinski definition) is 2. The van der Waals surface area contributed by atoms with Crippen molar-refractivity contribution in [3.63, 3.8) is 0 Å². The van der Waals surface area contributed by atoms with E-state index in [9.17, 15) is 9.18 Å². The fourth-order valence-electron chi connectivity index (χ4n) is 4.17. The number of pyridine rings is 1. The van der Waals surface area contributed by atoms with Gasteiger partial charge in [0.25, 0.3) is 5.91 Å². The first-order valence-corrected chi connectivity index (χ1v) is 11.2. The molecule has 4 heterocycles. The highest BCUT2D eigenvalue weighted by Gasteiger charge is 2.16. The minimum absolute atomic E-state index is 0.0283. The van der Waals surface area contributed by atoms with Crippen molar-refractivity contribution >= 4 is 28.4 Å². The van der Waals surface area contributed by atoms with Gasteiger partial charge in [-0.2, -0.15) is 0 Å². The molecule has 0 spiro atoms. The second-order valence-electron chi connectivity index (χ2n) is 8.40. The van der Waals surface area contributed by atoms with Gasteiger partial charge in [0, 0.05) is 66.3 Å². The van der Waals surface area contributed by atoms with Gasteiger partial charge in [-0.15, -0.1) is 0 Å². The summed E-state index contributed by atoms with van der Waals surface area (Å²) in [5.74, 6) is 0.906. The highest BCUT2D eigenvalue weighted by atomic mass is 19.1. The summed E-state index contributed by atoms with van der Waals surface area (Å²) in [6.07, 6.45) is 9.11. The van der Waals surface area contributed by atoms with Crippen LogP contribution < -0.4 is 16.0 Å². The van der Waals surface area contributed by atoms with E-state index in [2.05, 4.69) is 30.2 Å². The van der Waals surface area contributed by atoms with E-state index in [0.717, 1.165) is 24.6 Å². The number of carbonyl (C=O) groups is 1. The van der Waals surface area contributed by atoms with Crippen molar-refractivity contribution in [2.24, 2.45) is 0 Å². The largest absolute Gasteiger partial charge is 0.383 e. The quantitative estimate of drug-likeness (QED) is 0.455. The normalized spacial score (nSPS) is 13.5. The second kappa shape index (κ2) is 9.05. The molecule has 174 valence electrons. The van der Waals surface area contributed by atoms with Gasteiger partial charge in [-0.05, 0) is 25.8 Å². The van der Waals surface area contributed by atoms with E-state index in [0.29, 0.717) is 28.7 Å². The zero-order valence-corrected chi connectivity index (χ0v) is 18.8. The summed E-state index contributed by atoms with van der Waals surface area (Å²) < 4.78 is 16.7. The molecule has 0 bridgehead atoms. The molecule has 1 saturated heterocycles. The lowest BCUT2D eigenvalue weighted by atomic mass is 10.1. The molecule has 1 fully saturated rings. The molecule has 1 aromatic carbocycles. The van der Waals surface area contributed by atoms with Crippen molar-refractivity contribution in [3.8, 4) is 0 Å². The van der Waals surface area contributed by atoms with Crippen LogP contribution in [-0.4, -0.2) is 43.5 Å². The number of nitrogens with one attached hydrogen (secondary N) is 1. The van der Waals surface area contributed by atoms with E-state index >= 15 is 0 Å². The smallest absolute Gasteiger partial charge is 0.271 e. The van der Waals surface area contributed by atoms with Crippen LogP contribution in [0.5, 0.6) is 0 Å². The average Bonchev–Trinajstić information content (AvgIpc) is 3.50. The number of nitrogens with zero attached hydrogens (tertiary/aromatic N) is 6. The van der Waals surface area contributed by atoms with Gasteiger partial charge in [0.2, 0.25) is 5.95 Å². The Bertz CT molecular complexity index is 1350. The van der Waals surface area contributed by atoms with Gasteiger partial charge in [0.15, 0.2) is 0 Å². The Morgan fingerprint density at radius 2 is 1.88 bits per heavy atom. The van der Waals surface area contributed by atoms with E-state index in [1.165, 1.54) is 19.0 Å². The molecule has 0 atom stereocenters. The first-order valence-electron chi connectivity index (χ1n) is 11.2. The number of anilines is 2. The van der Waals surface area contributed by atoms with E-state index in [1.54, 1.807) is 24.4 Å². The number of rotatable bonds is 6. The van der Waals surface area contributed by atoms with Crippen LogP contribution in [0.25, 0.3) is 10.8 Å². The van der Waals surface area contributed by atoms with Gasteiger partial charge in [-0.1, -0.05) is 12.1 Å². The zero-order chi connectivity index (χ0) is 23.7. The predicted octanol–water partition coefficient (Wildman–Crippen LogP) is 2.83. The molecular formula is C24H25FN8O. The number of nitrogens with two attached hydrogens (primary N) is 1. The molecule has 1 aliphatic heterocycles. The molecule has 0 aliphatic carbocycles. The third kappa shape index (κ3) is 4.26. The second-order valence-corrected chi connectivity index (χ2v) is 8.40. The minimum atomic E-state index is -0.425. The first kappa shape index (κ1) is 21.7. The number of halogens is 1. The summed E-state index contributed by atoms with van der Waals surface area (Å²) in [4.78, 5) is 32.2. The lowest BCUT2D eigenvalue weighted by Crippen LogP contribution is -2.23. The summed E-state index contributed by atoms with van der Waals surface area (Å²) in [5, 5.41) is 3.66. The third-order valence-electron chi connectivity index (χ3n) is 6.07. The van der Waals surface area contributed by atoms with Crippen LogP contribution in [0, 0.1) is 12.7 Å². The van der Waals surface area contributed by atoms with Crippen molar-refractivity contribution in [2.75, 3.05) is 23.7 Å². The Morgan fingerprint density at radius 1 is 1.12 bits per heavy atom. The Labute approximate surface area is 195 Å². The number of aryl methyl sites for hydroxylation is 1. The van der Waals surface area contributed by atoms with Crippen molar-refractivity contribution in [1.29, 1.82) is 0 Å². The summed E-state index contributed by atoms with van der Waals surface area (Å²) in [6, 6.07) is 4.88. The monoisotopic (exact) mass is 460 g/mol. The molecule has 1 amide bonds. The van der Waals surface area contributed by atoms with Crippen molar-refractivity contribution < 1.29 is 9.18 Å². The number of aromatic nitrogens is 5. The summed E-state index contributed by atoms with van der Waals surface area (Å²) in [6.45, 7) is 4.35. The lowest BCUT2D eigenvalue weighted by Gasteiger charge is -2.14. The molecule has 0 saturated carbocycles. The topological polar surface area (TPSA) is 115 Å². The fraction of sp³-hybridized carbons (Fsp3) is 0.292. The Hall–Kier alpha value is -4.08. The number of nitrogen functional groups attached to an aromatic ring is 1. The van der Waals surface area contributed by atoms with E-state index < -0.39 is 5.82 Å². The number of fused-ring (bicyclic) bond motifs is 1. The predicted molar refractivity (Wildman–Crippen MR) is 127 cm³/mol. The first-order chi connectivity index (χ1) is 16.5. The number of imidazole rings is 1. The van der Waals surface area contributed by atoms with Crippen LogP contribution in [0.15, 0.2) is 43.0 Å². The average molecular weight is 461 g/mol. The van der Waals surface area contributed by atoms with Crippen LogP contribution in [0.4, 0.5) is 16.2 Å². The van der Waals surface area contributed by atoms with Gasteiger partial charge in [0.1, 0.15) is 23.2 Å². The van der Waals surface area contributed by atoms with Crippen LogP contribution in [0.1, 0.15) is 40.3 Å². The van der Waals surface area contributed by atoms with Gasteiger partial charge in [0.05, 0.1) is 6.54 Å². The molecular weight excluding hydrogens is 435 g/mol. The van der Waals surface area contributed by atoms with Crippen molar-refractivity contribution in [3.05, 3.63) is 71.4 Å². The standard InChI is InChI=1S/C24H25FN8O/c1-15-31-20(14-33(15)13-16-10-29-24(30-11-16)32-8-2-3-9-32)23(34)28-12-17-4-5-19-18(21(17)25)6-7-27-22(19)26/h4-7,10-11,14H,2-3,8-9,12-13H2,1H3,(H2,26,27)(H,28,34). The number of amides is 1. The molecule has 0 radical (unpaired) electrons. The molecule has 9 nitrogen and oxygen atoms in total. The van der Waals surface area contributed by atoms with Crippen molar-refractivity contribution in [2.45, 2.75) is 32.9 Å². The lowest BCUT2D eigenvalue weighted by molar-refractivity contribution is 0.0946. The van der Waals surface area contributed by atoms with E-state index in [-0.39, 0.29) is 24.0 Å².